The number of anilines is 2. The summed E-state index contributed by atoms with van der Waals surface area (Å²) >= 11 is 12.8. The smallest absolute Gasteiger partial charge is 0.229 e. The van der Waals surface area contributed by atoms with Crippen LogP contribution in [0.15, 0.2) is 18.5 Å². The zero-order chi connectivity index (χ0) is 25.0. The quantitative estimate of drug-likeness (QED) is 0.476. The standard InChI is InChI=1S/C24H32Cl2N6O3/c1-24(2)8-14(4-5-35-24)9-28-20-12-30-22(26)21(31-20)17-7-19(29-11-18(17)25)32-23(33)15-6-16(13-34-3)27-10-15/h7,11-12,14-16,27H,4-6,8-10,13H2,1-3H3,(H,28,31)(H,29,32,33). The molecule has 1 amide bonds. The van der Waals surface area contributed by atoms with E-state index in [9.17, 15) is 4.79 Å². The van der Waals surface area contributed by atoms with Gasteiger partial charge in [-0.3, -0.25) is 4.79 Å². The lowest BCUT2D eigenvalue weighted by Gasteiger charge is -2.35. The number of amides is 1. The van der Waals surface area contributed by atoms with Gasteiger partial charge in [-0.2, -0.15) is 0 Å². The first-order valence-corrected chi connectivity index (χ1v) is 12.6. The highest BCUT2D eigenvalue weighted by Crippen LogP contribution is 2.33. The molecule has 2 fully saturated rings. The van der Waals surface area contributed by atoms with E-state index >= 15 is 0 Å². The zero-order valence-corrected chi connectivity index (χ0v) is 21.7. The van der Waals surface area contributed by atoms with Crippen molar-refractivity contribution < 1.29 is 14.3 Å². The predicted molar refractivity (Wildman–Crippen MR) is 137 cm³/mol. The molecule has 0 saturated carbocycles. The van der Waals surface area contributed by atoms with Gasteiger partial charge in [0.15, 0.2) is 5.15 Å². The first kappa shape index (κ1) is 26.0. The molecule has 4 heterocycles. The summed E-state index contributed by atoms with van der Waals surface area (Å²) < 4.78 is 11.0. The van der Waals surface area contributed by atoms with Crippen LogP contribution in [0.1, 0.15) is 33.1 Å². The van der Waals surface area contributed by atoms with Crippen LogP contribution in [0.25, 0.3) is 11.3 Å². The summed E-state index contributed by atoms with van der Waals surface area (Å²) in [6, 6.07) is 1.84. The molecular formula is C24H32Cl2N6O3. The van der Waals surface area contributed by atoms with Crippen molar-refractivity contribution in [2.45, 2.75) is 44.8 Å². The third-order valence-electron chi connectivity index (χ3n) is 6.42. The highest BCUT2D eigenvalue weighted by molar-refractivity contribution is 6.35. The second-order valence-electron chi connectivity index (χ2n) is 9.77. The van der Waals surface area contributed by atoms with Crippen LogP contribution in [-0.2, 0) is 14.3 Å². The number of rotatable bonds is 8. The Balaban J connectivity index is 1.45. The van der Waals surface area contributed by atoms with Crippen LogP contribution < -0.4 is 16.0 Å². The summed E-state index contributed by atoms with van der Waals surface area (Å²) in [5.74, 6) is 1.18. The topological polar surface area (TPSA) is 110 Å². The number of nitrogens with one attached hydrogen (secondary N) is 3. The summed E-state index contributed by atoms with van der Waals surface area (Å²) in [6.07, 6.45) is 5.75. The molecule has 2 aliphatic heterocycles. The molecule has 0 aliphatic carbocycles. The van der Waals surface area contributed by atoms with Gasteiger partial charge in [-0.1, -0.05) is 23.2 Å². The minimum absolute atomic E-state index is 0.108. The summed E-state index contributed by atoms with van der Waals surface area (Å²) in [7, 11) is 1.65. The minimum atomic E-state index is -0.165. The largest absolute Gasteiger partial charge is 0.383 e. The van der Waals surface area contributed by atoms with E-state index in [0.29, 0.717) is 53.4 Å². The van der Waals surface area contributed by atoms with E-state index in [1.54, 1.807) is 19.4 Å². The van der Waals surface area contributed by atoms with Crippen molar-refractivity contribution in [3.05, 3.63) is 28.6 Å². The highest BCUT2D eigenvalue weighted by atomic mass is 35.5. The number of carbonyl (C=O) groups is 1. The van der Waals surface area contributed by atoms with Crippen molar-refractivity contribution in [1.82, 2.24) is 20.3 Å². The second-order valence-corrected chi connectivity index (χ2v) is 10.5. The lowest BCUT2D eigenvalue weighted by molar-refractivity contribution is -0.119. The molecule has 2 aromatic heterocycles. The summed E-state index contributed by atoms with van der Waals surface area (Å²) in [5.41, 5.74) is 0.855. The lowest BCUT2D eigenvalue weighted by Crippen LogP contribution is -2.36. The fraction of sp³-hybridized carbons (Fsp3) is 0.583. The van der Waals surface area contributed by atoms with Crippen LogP contribution >= 0.6 is 23.2 Å². The molecule has 2 aliphatic rings. The number of carbonyl (C=O) groups excluding carboxylic acids is 1. The molecule has 35 heavy (non-hydrogen) atoms. The number of aromatic nitrogens is 3. The van der Waals surface area contributed by atoms with Crippen LogP contribution in [0.3, 0.4) is 0 Å². The third kappa shape index (κ3) is 6.80. The molecule has 0 aromatic carbocycles. The van der Waals surface area contributed by atoms with Gasteiger partial charge in [0.1, 0.15) is 17.3 Å². The van der Waals surface area contributed by atoms with Crippen molar-refractivity contribution in [3.63, 3.8) is 0 Å². The Bertz CT molecular complexity index is 1050. The monoisotopic (exact) mass is 522 g/mol. The Morgan fingerprint density at radius 3 is 2.89 bits per heavy atom. The number of nitrogens with zero attached hydrogens (tertiary/aromatic N) is 3. The number of hydrogen-bond acceptors (Lipinski definition) is 8. The van der Waals surface area contributed by atoms with E-state index in [2.05, 4.69) is 44.7 Å². The van der Waals surface area contributed by atoms with Crippen LogP contribution in [0.4, 0.5) is 11.6 Å². The van der Waals surface area contributed by atoms with Gasteiger partial charge >= 0.3 is 0 Å². The van der Waals surface area contributed by atoms with Gasteiger partial charge < -0.3 is 25.4 Å². The second kappa shape index (κ2) is 11.3. The first-order chi connectivity index (χ1) is 16.7. The molecule has 190 valence electrons. The van der Waals surface area contributed by atoms with Gasteiger partial charge in [0, 0.05) is 44.6 Å². The number of hydrogen-bond donors (Lipinski definition) is 3. The van der Waals surface area contributed by atoms with Gasteiger partial charge in [0.25, 0.3) is 0 Å². The average molecular weight is 523 g/mol. The highest BCUT2D eigenvalue weighted by Gasteiger charge is 2.30. The van der Waals surface area contributed by atoms with E-state index in [-0.39, 0.29) is 28.6 Å². The zero-order valence-electron chi connectivity index (χ0n) is 20.2. The van der Waals surface area contributed by atoms with Gasteiger partial charge in [-0.15, -0.1) is 0 Å². The first-order valence-electron chi connectivity index (χ1n) is 11.8. The number of halogens is 2. The molecule has 11 heteroatoms. The van der Waals surface area contributed by atoms with Crippen LogP contribution in [0.2, 0.25) is 10.2 Å². The molecule has 2 saturated heterocycles. The van der Waals surface area contributed by atoms with E-state index in [1.807, 2.05) is 0 Å². The summed E-state index contributed by atoms with van der Waals surface area (Å²) in [6.45, 7) is 6.90. The minimum Gasteiger partial charge on any atom is -0.383 e. The lowest BCUT2D eigenvalue weighted by atomic mass is 9.88. The van der Waals surface area contributed by atoms with Gasteiger partial charge in [-0.05, 0) is 45.1 Å². The maximum absolute atomic E-state index is 12.8. The Labute approximate surface area is 215 Å². The normalized spacial score (nSPS) is 23.7. The Morgan fingerprint density at radius 1 is 1.29 bits per heavy atom. The molecule has 2 aromatic rings. The molecule has 3 atom stereocenters. The molecule has 3 N–H and O–H groups in total. The number of methoxy groups -OCH3 is 1. The third-order valence-corrected chi connectivity index (χ3v) is 7.00. The Hall–Kier alpha value is -2.04. The van der Waals surface area contributed by atoms with Crippen LogP contribution in [0, 0.1) is 11.8 Å². The Morgan fingerprint density at radius 2 is 2.11 bits per heavy atom. The summed E-state index contributed by atoms with van der Waals surface area (Å²) in [4.78, 5) is 26.0. The van der Waals surface area contributed by atoms with E-state index in [0.717, 1.165) is 26.0 Å². The molecule has 4 rings (SSSR count). The van der Waals surface area contributed by atoms with Crippen molar-refractivity contribution in [1.29, 1.82) is 0 Å². The Kier molecular flexibility index (Phi) is 8.44. The van der Waals surface area contributed by atoms with Crippen molar-refractivity contribution in [2.75, 3.05) is 44.0 Å². The van der Waals surface area contributed by atoms with Crippen molar-refractivity contribution in [2.24, 2.45) is 11.8 Å². The maximum atomic E-state index is 12.8. The average Bonchev–Trinajstić information content (AvgIpc) is 3.28. The van der Waals surface area contributed by atoms with Crippen molar-refractivity contribution >= 4 is 40.7 Å². The molecule has 0 spiro atoms. The molecule has 3 unspecified atom stereocenters. The molecule has 9 nitrogen and oxygen atoms in total. The van der Waals surface area contributed by atoms with E-state index < -0.39 is 0 Å². The van der Waals surface area contributed by atoms with Gasteiger partial charge in [0.2, 0.25) is 5.91 Å². The molecule has 0 radical (unpaired) electrons. The van der Waals surface area contributed by atoms with Crippen LogP contribution in [0.5, 0.6) is 0 Å². The summed E-state index contributed by atoms with van der Waals surface area (Å²) in [5, 5.41) is 10.1. The number of ether oxygens (including phenoxy) is 2. The fourth-order valence-corrected chi connectivity index (χ4v) is 5.06. The van der Waals surface area contributed by atoms with Gasteiger partial charge in [-0.25, -0.2) is 15.0 Å². The SMILES string of the molecule is COCC1CC(C(=O)Nc2cc(-c3nc(NCC4CCOC(C)(C)C4)cnc3Cl)c(Cl)cn2)CN1. The molecule has 0 bridgehead atoms. The van der Waals surface area contributed by atoms with Gasteiger partial charge in [0.05, 0.1) is 29.3 Å². The van der Waals surface area contributed by atoms with E-state index in [4.69, 9.17) is 32.7 Å². The number of pyridine rings is 1. The molecular weight excluding hydrogens is 491 g/mol. The van der Waals surface area contributed by atoms with Crippen LogP contribution in [-0.4, -0.2) is 65.9 Å². The maximum Gasteiger partial charge on any atom is 0.229 e. The fourth-order valence-electron chi connectivity index (χ4n) is 4.68. The van der Waals surface area contributed by atoms with Crippen molar-refractivity contribution in [3.8, 4) is 11.3 Å². The predicted octanol–water partition coefficient (Wildman–Crippen LogP) is 4.03. The van der Waals surface area contributed by atoms with E-state index in [1.165, 1.54) is 6.20 Å².